The third-order valence-electron chi connectivity index (χ3n) is 4.55. The number of imidazole rings is 1. The van der Waals surface area contributed by atoms with E-state index in [0.29, 0.717) is 5.92 Å². The summed E-state index contributed by atoms with van der Waals surface area (Å²) in [6.07, 6.45) is 10.9. The van der Waals surface area contributed by atoms with E-state index in [1.807, 2.05) is 53.6 Å². The zero-order valence-corrected chi connectivity index (χ0v) is 17.7. The topological polar surface area (TPSA) is 21.1 Å². The van der Waals surface area contributed by atoms with Crippen molar-refractivity contribution in [1.82, 2.24) is 9.66 Å². The molecule has 0 fully saturated rings. The van der Waals surface area contributed by atoms with Crippen molar-refractivity contribution in [2.75, 3.05) is 4.92 Å². The van der Waals surface area contributed by atoms with E-state index in [1.54, 1.807) is 0 Å². The van der Waals surface area contributed by atoms with E-state index in [4.69, 9.17) is 0 Å². The number of aromatic nitrogens is 2. The van der Waals surface area contributed by atoms with Crippen molar-refractivity contribution >= 4 is 7.41 Å². The molecule has 136 valence electrons. The van der Waals surface area contributed by atoms with E-state index >= 15 is 0 Å². The molecule has 0 atom stereocenters. The molecule has 4 rings (SSSR count). The van der Waals surface area contributed by atoms with Gasteiger partial charge in [-0.3, -0.25) is 0 Å². The van der Waals surface area contributed by atoms with Gasteiger partial charge in [-0.15, -0.1) is 6.20 Å². The predicted octanol–water partition coefficient (Wildman–Crippen LogP) is 4.74. The van der Waals surface area contributed by atoms with Crippen molar-refractivity contribution in [3.8, 4) is 22.4 Å². The molecule has 3 nitrogen and oxygen atoms in total. The van der Waals surface area contributed by atoms with Gasteiger partial charge in [-0.1, -0.05) is 85.7 Å². The van der Waals surface area contributed by atoms with Gasteiger partial charge in [0, 0.05) is 32.6 Å². The van der Waals surface area contributed by atoms with Gasteiger partial charge < -0.3 is 14.6 Å². The summed E-state index contributed by atoms with van der Waals surface area (Å²) >= 11 is 0. The summed E-state index contributed by atoms with van der Waals surface area (Å²) in [5, 5.41) is 0. The third-order valence-corrected chi connectivity index (χ3v) is 4.55. The molecule has 0 N–H and O–H groups in total. The van der Waals surface area contributed by atoms with Crippen LogP contribution in [0.25, 0.3) is 22.4 Å². The third kappa shape index (κ3) is 4.00. The summed E-state index contributed by atoms with van der Waals surface area (Å²) in [5.74, 6) is 2.40. The standard InChI is InChI=1S/C22H20BN3.Ir/c1-17(2)21-14-19(18-8-4-3-5-9-18)10-11-20(21)22-15-24-16-25(22)26-13-7-6-12-23-26;/h3-15,17H,1-2H3;/q-1;. The molecule has 5 heteroatoms. The van der Waals surface area contributed by atoms with Crippen molar-refractivity contribution in [2.45, 2.75) is 19.8 Å². The predicted molar refractivity (Wildman–Crippen MR) is 108 cm³/mol. The number of hydrogen-bond acceptors (Lipinski definition) is 2. The first-order valence-electron chi connectivity index (χ1n) is 8.86. The van der Waals surface area contributed by atoms with Crippen LogP contribution in [0.3, 0.4) is 0 Å². The summed E-state index contributed by atoms with van der Waals surface area (Å²) < 4.78 is 1.95. The second-order valence-electron chi connectivity index (χ2n) is 6.63. The minimum absolute atomic E-state index is 0. The van der Waals surface area contributed by atoms with Gasteiger partial charge >= 0.3 is 7.41 Å². The fourth-order valence-corrected chi connectivity index (χ4v) is 3.22. The molecule has 1 aliphatic rings. The molecule has 3 aromatic rings. The second kappa shape index (κ2) is 8.56. The number of nitrogens with zero attached hydrogens (tertiary/aromatic N) is 3. The number of hydrogen-bond donors (Lipinski definition) is 0. The minimum atomic E-state index is 0. The molecule has 0 saturated carbocycles. The van der Waals surface area contributed by atoms with Crippen LogP contribution in [0.2, 0.25) is 0 Å². The van der Waals surface area contributed by atoms with Crippen LogP contribution in [0.1, 0.15) is 25.3 Å². The van der Waals surface area contributed by atoms with E-state index in [0.717, 1.165) is 5.69 Å². The zero-order chi connectivity index (χ0) is 17.9. The Labute approximate surface area is 175 Å². The Bertz CT molecular complexity index is 961. The number of rotatable bonds is 4. The Morgan fingerprint density at radius 1 is 1.00 bits per heavy atom. The van der Waals surface area contributed by atoms with Crippen molar-refractivity contribution in [3.05, 3.63) is 90.9 Å². The number of allylic oxidation sites excluding steroid dienone is 2. The quantitative estimate of drug-likeness (QED) is 0.360. The molecule has 2 aromatic carbocycles. The molecule has 0 spiro atoms. The molecule has 0 amide bonds. The van der Waals surface area contributed by atoms with Crippen molar-refractivity contribution in [3.63, 3.8) is 0 Å². The van der Waals surface area contributed by atoms with E-state index in [2.05, 4.69) is 67.6 Å². The molecule has 0 bridgehead atoms. The largest absolute Gasteiger partial charge is 0.384 e. The molecular formula is C22H20BIrN3-. The smallest absolute Gasteiger partial charge is 0.303 e. The van der Waals surface area contributed by atoms with Crippen LogP contribution in [0, 0.1) is 6.33 Å². The molecule has 27 heavy (non-hydrogen) atoms. The maximum Gasteiger partial charge on any atom is 0.303 e. The molecule has 0 saturated heterocycles. The van der Waals surface area contributed by atoms with Gasteiger partial charge in [0.25, 0.3) is 0 Å². The Morgan fingerprint density at radius 2 is 1.81 bits per heavy atom. The molecule has 2 radical (unpaired) electrons. The van der Waals surface area contributed by atoms with E-state index in [-0.39, 0.29) is 20.1 Å². The average molecular weight is 529 g/mol. The Hall–Kier alpha value is -2.36. The first-order valence-corrected chi connectivity index (χ1v) is 8.86. The van der Waals surface area contributed by atoms with E-state index in [1.165, 1.54) is 22.3 Å². The van der Waals surface area contributed by atoms with E-state index < -0.39 is 0 Å². The molecule has 1 aliphatic heterocycles. The second-order valence-corrected chi connectivity index (χ2v) is 6.63. The van der Waals surface area contributed by atoms with Gasteiger partial charge in [0.05, 0.1) is 0 Å². The zero-order valence-electron chi connectivity index (χ0n) is 15.3. The summed E-state index contributed by atoms with van der Waals surface area (Å²) in [5.41, 5.74) is 5.99. The average Bonchev–Trinajstić information content (AvgIpc) is 3.18. The molecule has 1 aromatic heterocycles. The molecule has 0 unspecified atom stereocenters. The van der Waals surface area contributed by atoms with Gasteiger partial charge in [-0.2, -0.15) is 0 Å². The maximum absolute atomic E-state index is 4.27. The van der Waals surface area contributed by atoms with Crippen LogP contribution < -0.4 is 4.92 Å². The molecular weight excluding hydrogens is 509 g/mol. The van der Waals surface area contributed by atoms with Crippen molar-refractivity contribution in [2.24, 2.45) is 0 Å². The van der Waals surface area contributed by atoms with Crippen molar-refractivity contribution in [1.29, 1.82) is 0 Å². The van der Waals surface area contributed by atoms with Gasteiger partial charge in [0.15, 0.2) is 0 Å². The Balaban J connectivity index is 0.00000210. The van der Waals surface area contributed by atoms with Gasteiger partial charge in [-0.05, 0) is 28.7 Å². The van der Waals surface area contributed by atoms with E-state index in [9.17, 15) is 0 Å². The Kier molecular flexibility index (Phi) is 6.15. The monoisotopic (exact) mass is 530 g/mol. The molecule has 2 heterocycles. The Morgan fingerprint density at radius 3 is 2.52 bits per heavy atom. The summed E-state index contributed by atoms with van der Waals surface area (Å²) in [6.45, 7) is 4.46. The van der Waals surface area contributed by atoms with Crippen LogP contribution in [0.5, 0.6) is 0 Å². The fourth-order valence-electron chi connectivity index (χ4n) is 3.22. The first kappa shape index (κ1) is 19.4. The summed E-state index contributed by atoms with van der Waals surface area (Å²) in [7, 11) is 2.00. The van der Waals surface area contributed by atoms with Crippen LogP contribution in [0.4, 0.5) is 0 Å². The van der Waals surface area contributed by atoms with Crippen LogP contribution in [0.15, 0.2) is 79.1 Å². The van der Waals surface area contributed by atoms with Crippen LogP contribution in [-0.4, -0.2) is 17.1 Å². The van der Waals surface area contributed by atoms with Gasteiger partial charge in [0.2, 0.25) is 0 Å². The number of benzene rings is 2. The van der Waals surface area contributed by atoms with Crippen molar-refractivity contribution < 1.29 is 20.1 Å². The van der Waals surface area contributed by atoms with Crippen LogP contribution >= 0.6 is 0 Å². The first-order chi connectivity index (χ1) is 12.7. The normalized spacial score (nSPS) is 12.8. The van der Waals surface area contributed by atoms with Gasteiger partial charge in [-0.25, -0.2) is 0 Å². The van der Waals surface area contributed by atoms with Gasteiger partial charge in [0.1, 0.15) is 0 Å². The summed E-state index contributed by atoms with van der Waals surface area (Å²) in [4.78, 5) is 6.26. The maximum atomic E-state index is 4.27. The minimum Gasteiger partial charge on any atom is -0.384 e. The van der Waals surface area contributed by atoms with Crippen LogP contribution in [-0.2, 0) is 20.1 Å². The fraction of sp³-hybridized carbons (Fsp3) is 0.136. The SMILES string of the molecule is CC(C)c1cc(-c2ccccc2)ccc1-c1cn[c-]n1N1[B]C=CC=C1.[Ir]. The summed E-state index contributed by atoms with van der Waals surface area (Å²) in [6, 6.07) is 17.2. The molecule has 0 aliphatic carbocycles.